The fraction of sp³-hybridized carbons (Fsp3) is 0.280. The van der Waals surface area contributed by atoms with Crippen molar-refractivity contribution in [2.45, 2.75) is 20.4 Å². The van der Waals surface area contributed by atoms with E-state index < -0.39 is 0 Å². The topological polar surface area (TPSA) is 36.7 Å². The smallest absolute Gasteiger partial charge is 0.165 e. The minimum Gasteiger partial charge on any atom is -0.354 e. The zero-order valence-electron chi connectivity index (χ0n) is 18.2. The minimum atomic E-state index is 0.726. The molecular weight excluding hydrogens is 441 g/mol. The Balaban J connectivity index is 1.41. The molecule has 3 heterocycles. The Morgan fingerprint density at radius 1 is 0.844 bits per heavy atom. The van der Waals surface area contributed by atoms with E-state index in [1.807, 2.05) is 54.8 Å². The molecule has 2 aromatic carbocycles. The van der Waals surface area contributed by atoms with Crippen LogP contribution < -0.4 is 4.90 Å². The monoisotopic (exact) mass is 465 g/mol. The summed E-state index contributed by atoms with van der Waals surface area (Å²) in [7, 11) is 0. The average Bonchev–Trinajstić information content (AvgIpc) is 3.11. The van der Waals surface area contributed by atoms with Crippen molar-refractivity contribution < 1.29 is 0 Å². The molecule has 164 valence electrons. The van der Waals surface area contributed by atoms with E-state index in [-0.39, 0.29) is 0 Å². The maximum atomic E-state index is 6.10. The number of hydrogen-bond donors (Lipinski definition) is 0. The predicted molar refractivity (Wildman–Crippen MR) is 132 cm³/mol. The van der Waals surface area contributed by atoms with E-state index in [9.17, 15) is 0 Å². The second-order valence-electron chi connectivity index (χ2n) is 8.35. The number of fused-ring (bicyclic) bond motifs is 1. The summed E-state index contributed by atoms with van der Waals surface area (Å²) in [5.41, 5.74) is 6.29. The quantitative estimate of drug-likeness (QED) is 0.390. The highest BCUT2D eigenvalue weighted by molar-refractivity contribution is 6.30. The summed E-state index contributed by atoms with van der Waals surface area (Å²) in [6.45, 7) is 8.92. The van der Waals surface area contributed by atoms with Gasteiger partial charge in [-0.05, 0) is 49.2 Å². The number of nitrogens with zero attached hydrogens (tertiary/aromatic N) is 5. The van der Waals surface area contributed by atoms with Crippen LogP contribution in [0.2, 0.25) is 10.0 Å². The van der Waals surface area contributed by atoms with Gasteiger partial charge in [0, 0.05) is 60.1 Å². The zero-order chi connectivity index (χ0) is 22.2. The molecule has 0 saturated carbocycles. The van der Waals surface area contributed by atoms with Gasteiger partial charge >= 0.3 is 0 Å². The van der Waals surface area contributed by atoms with Gasteiger partial charge in [-0.15, -0.1) is 0 Å². The lowest BCUT2D eigenvalue weighted by atomic mass is 10.1. The molecule has 0 aliphatic carbocycles. The van der Waals surface area contributed by atoms with Crippen molar-refractivity contribution in [1.82, 2.24) is 19.5 Å². The van der Waals surface area contributed by atoms with Gasteiger partial charge in [0.25, 0.3) is 0 Å². The Morgan fingerprint density at radius 2 is 1.47 bits per heavy atom. The molecule has 4 aromatic rings. The number of aromatic nitrogens is 3. The lowest BCUT2D eigenvalue weighted by molar-refractivity contribution is 0.249. The van der Waals surface area contributed by atoms with Crippen molar-refractivity contribution in [3.63, 3.8) is 0 Å². The molecule has 1 fully saturated rings. The highest BCUT2D eigenvalue weighted by Crippen LogP contribution is 2.31. The first kappa shape index (κ1) is 21.3. The molecule has 2 aromatic heterocycles. The normalized spacial score (nSPS) is 14.9. The molecule has 0 atom stereocenters. The van der Waals surface area contributed by atoms with E-state index in [0.717, 1.165) is 76.7 Å². The maximum absolute atomic E-state index is 6.10. The molecule has 5 nitrogen and oxygen atoms in total. The molecule has 1 aliphatic rings. The molecule has 32 heavy (non-hydrogen) atoms. The van der Waals surface area contributed by atoms with Crippen LogP contribution >= 0.6 is 23.2 Å². The summed E-state index contributed by atoms with van der Waals surface area (Å²) in [5, 5.41) is 6.38. The van der Waals surface area contributed by atoms with Crippen molar-refractivity contribution in [3.8, 4) is 11.1 Å². The third-order valence-electron chi connectivity index (χ3n) is 6.02. The lowest BCUT2D eigenvalue weighted by Gasteiger charge is -2.36. The molecule has 0 bridgehead atoms. The summed E-state index contributed by atoms with van der Waals surface area (Å²) in [6, 6.07) is 18.2. The maximum Gasteiger partial charge on any atom is 0.165 e. The van der Waals surface area contributed by atoms with Crippen LogP contribution in [0.3, 0.4) is 0 Å². The first-order valence-corrected chi connectivity index (χ1v) is 11.6. The molecule has 1 aliphatic heterocycles. The van der Waals surface area contributed by atoms with Crippen molar-refractivity contribution in [3.05, 3.63) is 81.6 Å². The molecule has 0 radical (unpaired) electrons. The van der Waals surface area contributed by atoms with Crippen LogP contribution in [0.15, 0.2) is 54.6 Å². The largest absolute Gasteiger partial charge is 0.354 e. The van der Waals surface area contributed by atoms with Gasteiger partial charge in [0.1, 0.15) is 5.82 Å². The van der Waals surface area contributed by atoms with Crippen molar-refractivity contribution >= 4 is 34.7 Å². The Bertz CT molecular complexity index is 1240. The minimum absolute atomic E-state index is 0.726. The van der Waals surface area contributed by atoms with Crippen LogP contribution in [0.1, 0.15) is 17.0 Å². The second-order valence-corrected chi connectivity index (χ2v) is 9.22. The van der Waals surface area contributed by atoms with E-state index in [1.165, 1.54) is 5.56 Å². The fourth-order valence-corrected chi connectivity index (χ4v) is 4.64. The molecule has 0 spiro atoms. The van der Waals surface area contributed by atoms with Crippen molar-refractivity contribution in [2.75, 3.05) is 31.1 Å². The van der Waals surface area contributed by atoms with Crippen LogP contribution in [0.25, 0.3) is 16.8 Å². The summed E-state index contributed by atoms with van der Waals surface area (Å²) in [6.07, 6.45) is 0. The number of piperazine rings is 1. The number of anilines is 1. The summed E-state index contributed by atoms with van der Waals surface area (Å²) >= 11 is 12.1. The predicted octanol–water partition coefficient (Wildman–Crippen LogP) is 5.64. The third-order valence-corrected chi connectivity index (χ3v) is 6.53. The average molecular weight is 466 g/mol. The van der Waals surface area contributed by atoms with Gasteiger partial charge < -0.3 is 4.90 Å². The molecule has 0 unspecified atom stereocenters. The Labute approximate surface area is 198 Å². The van der Waals surface area contributed by atoms with Gasteiger partial charge in [0.05, 0.1) is 5.69 Å². The fourth-order valence-electron chi connectivity index (χ4n) is 4.39. The van der Waals surface area contributed by atoms with Crippen molar-refractivity contribution in [1.29, 1.82) is 0 Å². The number of halogens is 2. The number of benzene rings is 2. The zero-order valence-corrected chi connectivity index (χ0v) is 19.7. The van der Waals surface area contributed by atoms with Crippen LogP contribution in [-0.4, -0.2) is 45.7 Å². The summed E-state index contributed by atoms with van der Waals surface area (Å²) < 4.78 is 2.00. The first-order valence-electron chi connectivity index (χ1n) is 10.8. The van der Waals surface area contributed by atoms with Gasteiger partial charge in [-0.3, -0.25) is 4.90 Å². The van der Waals surface area contributed by atoms with Gasteiger partial charge in [0.15, 0.2) is 5.65 Å². The lowest BCUT2D eigenvalue weighted by Crippen LogP contribution is -2.46. The van der Waals surface area contributed by atoms with Crippen molar-refractivity contribution in [2.24, 2.45) is 0 Å². The molecule has 5 rings (SSSR count). The van der Waals surface area contributed by atoms with Gasteiger partial charge in [-0.2, -0.15) is 9.61 Å². The Kier molecular flexibility index (Phi) is 5.80. The van der Waals surface area contributed by atoms with E-state index >= 15 is 0 Å². The van der Waals surface area contributed by atoms with E-state index in [0.29, 0.717) is 0 Å². The summed E-state index contributed by atoms with van der Waals surface area (Å²) in [5.74, 6) is 1.10. The number of rotatable bonds is 4. The molecular formula is C25H25Cl2N5. The third kappa shape index (κ3) is 4.20. The van der Waals surface area contributed by atoms with Gasteiger partial charge in [0.2, 0.25) is 0 Å². The Hall–Kier alpha value is -2.60. The SMILES string of the molecule is Cc1cc(N2CCN(Cc3ccc(Cl)cc3)CC2)n2nc(C)c(-c3ccc(Cl)cc3)c2n1. The van der Waals surface area contributed by atoms with E-state index in [4.69, 9.17) is 33.3 Å². The number of hydrogen-bond acceptors (Lipinski definition) is 4. The van der Waals surface area contributed by atoms with Crippen LogP contribution in [0.4, 0.5) is 5.82 Å². The van der Waals surface area contributed by atoms with Crippen LogP contribution in [0.5, 0.6) is 0 Å². The summed E-state index contributed by atoms with van der Waals surface area (Å²) in [4.78, 5) is 9.75. The molecule has 7 heteroatoms. The van der Waals surface area contributed by atoms with E-state index in [1.54, 1.807) is 0 Å². The molecule has 0 N–H and O–H groups in total. The van der Waals surface area contributed by atoms with Gasteiger partial charge in [-0.25, -0.2) is 4.98 Å². The Morgan fingerprint density at radius 3 is 2.12 bits per heavy atom. The second kappa shape index (κ2) is 8.74. The van der Waals surface area contributed by atoms with Gasteiger partial charge in [-0.1, -0.05) is 47.5 Å². The number of aryl methyl sites for hydroxylation is 2. The highest BCUT2D eigenvalue weighted by Gasteiger charge is 2.22. The highest BCUT2D eigenvalue weighted by atomic mass is 35.5. The van der Waals surface area contributed by atoms with Crippen LogP contribution in [0, 0.1) is 13.8 Å². The standard InChI is InChI=1S/C25H25Cl2N5/c1-17-15-23(31-13-11-30(12-14-31)16-19-3-7-21(26)8-4-19)32-25(28-17)24(18(2)29-32)20-5-9-22(27)10-6-20/h3-10,15H,11-14,16H2,1-2H3. The van der Waals surface area contributed by atoms with E-state index in [2.05, 4.69) is 28.0 Å². The molecule has 1 saturated heterocycles. The molecule has 0 amide bonds. The first-order chi connectivity index (χ1) is 15.5. The van der Waals surface area contributed by atoms with Crippen LogP contribution in [-0.2, 0) is 6.54 Å².